The average molecular weight is 794 g/mol. The molecule has 0 bridgehead atoms. The van der Waals surface area contributed by atoms with E-state index in [4.69, 9.17) is 25.4 Å². The van der Waals surface area contributed by atoms with Crippen molar-refractivity contribution in [1.29, 1.82) is 0 Å². The maximum Gasteiger partial charge on any atom is 0.105 e. The van der Waals surface area contributed by atoms with Crippen molar-refractivity contribution in [3.63, 3.8) is 0 Å². The Bertz CT molecular complexity index is 3730. The third-order valence-electron chi connectivity index (χ3n) is 14.1. The highest BCUT2D eigenvalue weighted by molar-refractivity contribution is 6.07. The number of aromatic nitrogens is 3. The third kappa shape index (κ3) is 4.82. The molecule has 8 aromatic carbocycles. The zero-order valence-corrected chi connectivity index (χ0v) is 34.9. The number of nitrogens with zero attached hydrogens (tertiary/aromatic N) is 5. The highest BCUT2D eigenvalue weighted by Gasteiger charge is 2.34. The van der Waals surface area contributed by atoms with E-state index in [1.54, 1.807) is 0 Å². The number of para-hydroxylation sites is 1. The van der Waals surface area contributed by atoms with E-state index in [1.165, 1.54) is 72.3 Å². The molecule has 3 heterocycles. The van der Waals surface area contributed by atoms with Crippen LogP contribution in [0.1, 0.15) is 44.5 Å². The number of fused-ring (bicyclic) bond motifs is 12. The van der Waals surface area contributed by atoms with Gasteiger partial charge < -0.3 is 0 Å². The minimum Gasteiger partial charge on any atom is -0.248 e. The van der Waals surface area contributed by atoms with Crippen molar-refractivity contribution in [2.75, 3.05) is 0 Å². The van der Waals surface area contributed by atoms with Crippen LogP contribution < -0.4 is 10.7 Å². The van der Waals surface area contributed by atoms with E-state index in [9.17, 15) is 0 Å². The summed E-state index contributed by atoms with van der Waals surface area (Å²) in [6.45, 7) is 9.02. The smallest absolute Gasteiger partial charge is 0.105 e. The zero-order valence-electron chi connectivity index (χ0n) is 34.9. The summed E-state index contributed by atoms with van der Waals surface area (Å²) >= 11 is 0. The maximum absolute atomic E-state index is 5.29. The Morgan fingerprint density at radius 2 is 1.03 bits per heavy atom. The maximum atomic E-state index is 5.29. The monoisotopic (exact) mass is 793 g/mol. The second-order valence-electron chi connectivity index (χ2n) is 17.3. The standard InChI is InChI=1S/C57H39N5/c1-30-26-42-37-18-10-8-16-35(37)28-44(42)49(32(30)3)54-56(60-62-61-57(54)50-33(4)31(2)27-43-38-19-11-9-17-36(38)29-45(43)50)41-23-25-47-52(51(41)34-14-6-5-7-15-34)53-48(58-47)24-22-40-39-20-12-13-21-46(39)59-55(40)53/h5-27H,28-29H2,1-4H3. The zero-order chi connectivity index (χ0) is 41.4. The van der Waals surface area contributed by atoms with E-state index in [0.717, 1.165) is 95.7 Å². The van der Waals surface area contributed by atoms with Crippen molar-refractivity contribution in [1.82, 2.24) is 15.4 Å². The Labute approximate surface area is 359 Å². The molecule has 4 aliphatic rings. The van der Waals surface area contributed by atoms with Crippen LogP contribution in [0.15, 0.2) is 150 Å². The van der Waals surface area contributed by atoms with Crippen molar-refractivity contribution >= 4 is 11.4 Å². The summed E-state index contributed by atoms with van der Waals surface area (Å²) in [4.78, 5) is 10.6. The number of benzene rings is 8. The van der Waals surface area contributed by atoms with Crippen LogP contribution in [-0.4, -0.2) is 15.4 Å². The van der Waals surface area contributed by atoms with Crippen LogP contribution in [0.5, 0.6) is 0 Å². The highest BCUT2D eigenvalue weighted by Crippen LogP contribution is 2.54. The van der Waals surface area contributed by atoms with Gasteiger partial charge in [0.2, 0.25) is 0 Å². The highest BCUT2D eigenvalue weighted by atomic mass is 15.3. The van der Waals surface area contributed by atoms with E-state index in [2.05, 4.69) is 167 Å². The molecule has 0 amide bonds. The van der Waals surface area contributed by atoms with Crippen LogP contribution in [0.25, 0.3) is 78.1 Å². The summed E-state index contributed by atoms with van der Waals surface area (Å²) in [5.74, 6) is 0. The molecule has 5 heteroatoms. The van der Waals surface area contributed by atoms with Gasteiger partial charge in [0, 0.05) is 43.8 Å². The molecule has 13 rings (SSSR count). The number of aryl methyl sites for hydroxylation is 2. The molecule has 0 spiro atoms. The summed E-state index contributed by atoms with van der Waals surface area (Å²) in [6.07, 6.45) is 1.66. The van der Waals surface area contributed by atoms with Gasteiger partial charge in [-0.1, -0.05) is 109 Å². The molecular weight excluding hydrogens is 755 g/mol. The predicted octanol–water partition coefficient (Wildman–Crippen LogP) is 12.4. The molecule has 0 saturated carbocycles. The second-order valence-corrected chi connectivity index (χ2v) is 17.3. The van der Waals surface area contributed by atoms with Crippen molar-refractivity contribution < 1.29 is 0 Å². The summed E-state index contributed by atoms with van der Waals surface area (Å²) in [5.41, 5.74) is 27.6. The largest absolute Gasteiger partial charge is 0.248 e. The van der Waals surface area contributed by atoms with Crippen LogP contribution in [0.4, 0.5) is 11.4 Å². The van der Waals surface area contributed by atoms with Crippen molar-refractivity contribution in [2.45, 2.75) is 40.5 Å². The summed E-state index contributed by atoms with van der Waals surface area (Å²) < 4.78 is 0. The summed E-state index contributed by atoms with van der Waals surface area (Å²) in [6, 6.07) is 50.4. The van der Waals surface area contributed by atoms with Gasteiger partial charge in [-0.25, -0.2) is 9.98 Å². The molecule has 9 aromatic rings. The minimum atomic E-state index is 0.815. The topological polar surface area (TPSA) is 63.4 Å². The lowest BCUT2D eigenvalue weighted by Crippen LogP contribution is -2.07. The van der Waals surface area contributed by atoms with Crippen LogP contribution in [0, 0.1) is 38.1 Å². The van der Waals surface area contributed by atoms with Gasteiger partial charge >= 0.3 is 0 Å². The first-order valence-electron chi connectivity index (χ1n) is 21.5. The van der Waals surface area contributed by atoms with Gasteiger partial charge in [-0.15, -0.1) is 10.2 Å². The molecule has 1 aromatic heterocycles. The first kappa shape index (κ1) is 35.2. The lowest BCUT2D eigenvalue weighted by Gasteiger charge is -2.24. The van der Waals surface area contributed by atoms with Crippen molar-refractivity contribution in [2.24, 2.45) is 9.98 Å². The molecule has 0 fully saturated rings. The summed E-state index contributed by atoms with van der Waals surface area (Å²) in [7, 11) is 0. The Morgan fingerprint density at radius 1 is 0.403 bits per heavy atom. The van der Waals surface area contributed by atoms with Gasteiger partial charge in [-0.05, 0) is 154 Å². The number of hydrogen-bond acceptors (Lipinski definition) is 5. The number of hydrogen-bond donors (Lipinski definition) is 0. The lowest BCUT2D eigenvalue weighted by atomic mass is 9.81. The molecule has 292 valence electrons. The Morgan fingerprint density at radius 3 is 1.77 bits per heavy atom. The second kappa shape index (κ2) is 12.9. The van der Waals surface area contributed by atoms with Crippen molar-refractivity contribution in [3.8, 4) is 78.1 Å². The fourth-order valence-corrected chi connectivity index (χ4v) is 11.0. The molecule has 0 unspecified atom stereocenters. The SMILES string of the molecule is Cc1cc2c(c(-c3nnnc(-c4ccc5c(c4-c4ccccc4)-c4c6c(ccc4=N5)=c4ccccc4=N6)c3-c3c(C)c(C)cc4c3Cc3ccccc3-4)c1C)Cc1ccccc1-2. The number of rotatable bonds is 4. The Hall–Kier alpha value is -7.63. The van der Waals surface area contributed by atoms with E-state index in [0.29, 0.717) is 0 Å². The Kier molecular flexibility index (Phi) is 7.34. The first-order chi connectivity index (χ1) is 30.4. The average Bonchev–Trinajstić information content (AvgIpc) is 4.07. The quantitative estimate of drug-likeness (QED) is 0.178. The fraction of sp³-hybridized carbons (Fsp3) is 0.105. The van der Waals surface area contributed by atoms with E-state index in [-0.39, 0.29) is 0 Å². The Balaban J connectivity index is 1.17. The molecule has 0 atom stereocenters. The van der Waals surface area contributed by atoms with Crippen LogP contribution in [0.3, 0.4) is 0 Å². The molecule has 0 N–H and O–H groups in total. The molecule has 2 aliphatic heterocycles. The molecule has 0 radical (unpaired) electrons. The fourth-order valence-electron chi connectivity index (χ4n) is 11.0. The molecule has 62 heavy (non-hydrogen) atoms. The van der Waals surface area contributed by atoms with Crippen LogP contribution in [-0.2, 0) is 12.8 Å². The van der Waals surface area contributed by atoms with Crippen LogP contribution in [0.2, 0.25) is 0 Å². The lowest BCUT2D eigenvalue weighted by molar-refractivity contribution is 0.876. The van der Waals surface area contributed by atoms with Gasteiger partial charge in [-0.3, -0.25) is 0 Å². The van der Waals surface area contributed by atoms with Gasteiger partial charge in [-0.2, -0.15) is 0 Å². The minimum absolute atomic E-state index is 0.815. The van der Waals surface area contributed by atoms with Gasteiger partial charge in [0.05, 0.1) is 22.1 Å². The third-order valence-corrected chi connectivity index (χ3v) is 14.1. The summed E-state index contributed by atoms with van der Waals surface area (Å²) in [5, 5.41) is 19.4. The van der Waals surface area contributed by atoms with E-state index >= 15 is 0 Å². The van der Waals surface area contributed by atoms with Gasteiger partial charge in [0.25, 0.3) is 0 Å². The molecule has 0 saturated heterocycles. The van der Waals surface area contributed by atoms with Crippen LogP contribution >= 0.6 is 0 Å². The predicted molar refractivity (Wildman–Crippen MR) is 248 cm³/mol. The first-order valence-corrected chi connectivity index (χ1v) is 21.5. The van der Waals surface area contributed by atoms with Crippen molar-refractivity contribution in [3.05, 3.63) is 205 Å². The normalized spacial score (nSPS) is 13.0. The molecular formula is C57H39N5. The molecule has 2 aliphatic carbocycles. The van der Waals surface area contributed by atoms with Gasteiger partial charge in [0.1, 0.15) is 11.4 Å². The van der Waals surface area contributed by atoms with Gasteiger partial charge in [0.15, 0.2) is 0 Å². The van der Waals surface area contributed by atoms with E-state index in [1.807, 2.05) is 0 Å². The molecule has 5 nitrogen and oxygen atoms in total. The van der Waals surface area contributed by atoms with E-state index < -0.39 is 0 Å².